The van der Waals surface area contributed by atoms with Gasteiger partial charge in [-0.25, -0.2) is 0 Å². The lowest BCUT2D eigenvalue weighted by Crippen LogP contribution is -2.39. The number of ether oxygens (including phenoxy) is 2. The molecule has 1 aliphatic rings. The van der Waals surface area contributed by atoms with Crippen LogP contribution in [0.25, 0.3) is 0 Å². The van der Waals surface area contributed by atoms with E-state index in [9.17, 15) is 14.7 Å². The summed E-state index contributed by atoms with van der Waals surface area (Å²) in [7, 11) is 3.05. The minimum Gasteiger partial charge on any atom is -0.389 e. The number of carbonyl (C=O) groups is 2. The summed E-state index contributed by atoms with van der Waals surface area (Å²) >= 11 is 0. The molecule has 0 saturated carbocycles. The van der Waals surface area contributed by atoms with Crippen LogP contribution in [0.3, 0.4) is 0 Å². The van der Waals surface area contributed by atoms with Crippen LogP contribution >= 0.6 is 0 Å². The van der Waals surface area contributed by atoms with Crippen molar-refractivity contribution in [2.45, 2.75) is 12.5 Å². The molecule has 0 aromatic heterocycles. The van der Waals surface area contributed by atoms with E-state index in [4.69, 9.17) is 9.47 Å². The molecule has 0 radical (unpaired) electrons. The molecule has 0 bridgehead atoms. The van der Waals surface area contributed by atoms with E-state index >= 15 is 0 Å². The van der Waals surface area contributed by atoms with Crippen molar-refractivity contribution in [1.82, 2.24) is 10.2 Å². The van der Waals surface area contributed by atoms with E-state index in [1.807, 2.05) is 0 Å². The third kappa shape index (κ3) is 5.14. The number of hydrogen-bond donors (Lipinski definition) is 2. The molecule has 2 N–H and O–H groups in total. The summed E-state index contributed by atoms with van der Waals surface area (Å²) in [5, 5.41) is 12.1. The zero-order valence-corrected chi connectivity index (χ0v) is 11.4. The second kappa shape index (κ2) is 8.08. The van der Waals surface area contributed by atoms with Gasteiger partial charge in [0.15, 0.2) is 0 Å². The largest absolute Gasteiger partial charge is 0.389 e. The van der Waals surface area contributed by atoms with Gasteiger partial charge in [0, 0.05) is 40.3 Å². The standard InChI is InChI=1S/C12H22N2O5/c1-18-4-3-14-7-9(5-11(14)16)12(17)13-6-10(15)8-19-2/h9-10,15H,3-8H2,1-2H3,(H,13,17). The molecule has 0 spiro atoms. The topological polar surface area (TPSA) is 88.1 Å². The summed E-state index contributed by atoms with van der Waals surface area (Å²) in [6.07, 6.45) is -0.508. The molecule has 7 nitrogen and oxygen atoms in total. The summed E-state index contributed by atoms with van der Waals surface area (Å²) in [5.74, 6) is -0.586. The normalized spacial score (nSPS) is 20.7. The Bertz CT molecular complexity index is 310. The number of nitrogens with zero attached hydrogens (tertiary/aromatic N) is 1. The fraction of sp³-hybridized carbons (Fsp3) is 0.833. The van der Waals surface area contributed by atoms with Gasteiger partial charge in [0.1, 0.15) is 0 Å². The van der Waals surface area contributed by atoms with Crippen molar-refractivity contribution < 1.29 is 24.2 Å². The average molecular weight is 274 g/mol. The van der Waals surface area contributed by atoms with Crippen LogP contribution in [-0.4, -0.2) is 75.0 Å². The lowest BCUT2D eigenvalue weighted by atomic mass is 10.1. The van der Waals surface area contributed by atoms with E-state index in [1.165, 1.54) is 7.11 Å². The molecule has 1 heterocycles. The molecule has 2 atom stereocenters. The average Bonchev–Trinajstić information content (AvgIpc) is 2.75. The maximum absolute atomic E-state index is 11.8. The van der Waals surface area contributed by atoms with E-state index in [2.05, 4.69) is 5.32 Å². The van der Waals surface area contributed by atoms with Crippen molar-refractivity contribution in [3.63, 3.8) is 0 Å². The zero-order chi connectivity index (χ0) is 14.3. The maximum atomic E-state index is 11.8. The smallest absolute Gasteiger partial charge is 0.225 e. The van der Waals surface area contributed by atoms with Crippen molar-refractivity contribution in [3.05, 3.63) is 0 Å². The molecule has 2 unspecified atom stereocenters. The van der Waals surface area contributed by atoms with Gasteiger partial charge in [0.2, 0.25) is 11.8 Å². The molecule has 1 saturated heterocycles. The highest BCUT2D eigenvalue weighted by Gasteiger charge is 2.33. The van der Waals surface area contributed by atoms with E-state index in [0.717, 1.165) is 0 Å². The van der Waals surface area contributed by atoms with E-state index in [0.29, 0.717) is 19.7 Å². The quantitative estimate of drug-likeness (QED) is 0.568. The minimum absolute atomic E-state index is 0.0327. The number of aliphatic hydroxyl groups excluding tert-OH is 1. The number of aliphatic hydroxyl groups is 1. The lowest BCUT2D eigenvalue weighted by molar-refractivity contribution is -0.129. The van der Waals surface area contributed by atoms with Crippen molar-refractivity contribution in [1.29, 1.82) is 0 Å². The third-order valence-electron chi connectivity index (χ3n) is 3.02. The zero-order valence-electron chi connectivity index (χ0n) is 11.4. The Morgan fingerprint density at radius 2 is 2.26 bits per heavy atom. The first-order chi connectivity index (χ1) is 9.08. The summed E-state index contributed by atoms with van der Waals surface area (Å²) in [6, 6.07) is 0. The number of carbonyl (C=O) groups excluding carboxylic acids is 2. The lowest BCUT2D eigenvalue weighted by Gasteiger charge is -2.16. The van der Waals surface area contributed by atoms with Crippen LogP contribution in [0.15, 0.2) is 0 Å². The highest BCUT2D eigenvalue weighted by molar-refractivity contribution is 5.89. The molecule has 2 amide bonds. The summed E-state index contributed by atoms with van der Waals surface area (Å²) in [4.78, 5) is 25.1. The van der Waals surface area contributed by atoms with Gasteiger partial charge in [0.05, 0.1) is 25.2 Å². The van der Waals surface area contributed by atoms with Crippen LogP contribution in [0.5, 0.6) is 0 Å². The minimum atomic E-state index is -0.726. The van der Waals surface area contributed by atoms with Crippen LogP contribution in [0.4, 0.5) is 0 Å². The van der Waals surface area contributed by atoms with Gasteiger partial charge >= 0.3 is 0 Å². The van der Waals surface area contributed by atoms with Crippen molar-refractivity contribution in [2.75, 3.05) is 47.1 Å². The highest BCUT2D eigenvalue weighted by atomic mass is 16.5. The summed E-state index contributed by atoms with van der Waals surface area (Å²) in [6.45, 7) is 1.69. The van der Waals surface area contributed by atoms with Crippen LogP contribution in [0.1, 0.15) is 6.42 Å². The highest BCUT2D eigenvalue weighted by Crippen LogP contribution is 2.17. The second-order valence-corrected chi connectivity index (χ2v) is 4.59. The maximum Gasteiger partial charge on any atom is 0.225 e. The summed E-state index contributed by atoms with van der Waals surface area (Å²) in [5.41, 5.74) is 0. The molecule has 19 heavy (non-hydrogen) atoms. The first-order valence-electron chi connectivity index (χ1n) is 6.30. The van der Waals surface area contributed by atoms with Gasteiger partial charge in [-0.15, -0.1) is 0 Å². The van der Waals surface area contributed by atoms with Gasteiger partial charge in [-0.1, -0.05) is 0 Å². The number of rotatable bonds is 8. The van der Waals surface area contributed by atoms with Gasteiger partial charge in [0.25, 0.3) is 0 Å². The van der Waals surface area contributed by atoms with Crippen LogP contribution in [0, 0.1) is 5.92 Å². The Balaban J connectivity index is 2.32. The Labute approximate surface area is 112 Å². The van der Waals surface area contributed by atoms with E-state index in [1.54, 1.807) is 12.0 Å². The Morgan fingerprint density at radius 1 is 1.53 bits per heavy atom. The second-order valence-electron chi connectivity index (χ2n) is 4.59. The molecule has 7 heteroatoms. The SMILES string of the molecule is COCCN1CC(C(=O)NCC(O)COC)CC1=O. The van der Waals surface area contributed by atoms with Crippen LogP contribution in [-0.2, 0) is 19.1 Å². The predicted octanol–water partition coefficient (Wildman–Crippen LogP) is -1.40. The van der Waals surface area contributed by atoms with Crippen molar-refractivity contribution in [3.8, 4) is 0 Å². The molecular formula is C12H22N2O5. The first kappa shape index (κ1) is 15.9. The number of amides is 2. The molecular weight excluding hydrogens is 252 g/mol. The van der Waals surface area contributed by atoms with Crippen LogP contribution in [0.2, 0.25) is 0 Å². The Kier molecular flexibility index (Phi) is 6.75. The monoisotopic (exact) mass is 274 g/mol. The number of nitrogens with one attached hydrogen (secondary N) is 1. The van der Waals surface area contributed by atoms with Gasteiger partial charge in [-0.3, -0.25) is 9.59 Å². The van der Waals surface area contributed by atoms with Crippen molar-refractivity contribution >= 4 is 11.8 Å². The van der Waals surface area contributed by atoms with Gasteiger partial charge in [-0.2, -0.15) is 0 Å². The number of hydrogen-bond acceptors (Lipinski definition) is 5. The van der Waals surface area contributed by atoms with Crippen molar-refractivity contribution in [2.24, 2.45) is 5.92 Å². The Hall–Kier alpha value is -1.18. The molecule has 0 aromatic carbocycles. The molecule has 0 aliphatic carbocycles. The number of methoxy groups -OCH3 is 2. The predicted molar refractivity (Wildman–Crippen MR) is 67.5 cm³/mol. The molecule has 110 valence electrons. The first-order valence-corrected chi connectivity index (χ1v) is 6.30. The fourth-order valence-corrected chi connectivity index (χ4v) is 1.98. The molecule has 1 aliphatic heterocycles. The van der Waals surface area contributed by atoms with Crippen LogP contribution < -0.4 is 5.32 Å². The van der Waals surface area contributed by atoms with E-state index in [-0.39, 0.29) is 37.3 Å². The molecule has 0 aromatic rings. The number of likely N-dealkylation sites (tertiary alicyclic amines) is 1. The third-order valence-corrected chi connectivity index (χ3v) is 3.02. The fourth-order valence-electron chi connectivity index (χ4n) is 1.98. The van der Waals surface area contributed by atoms with E-state index < -0.39 is 6.10 Å². The molecule has 1 fully saturated rings. The van der Waals surface area contributed by atoms with Gasteiger partial charge < -0.3 is 24.8 Å². The van der Waals surface area contributed by atoms with Gasteiger partial charge in [-0.05, 0) is 0 Å². The molecule has 1 rings (SSSR count). The summed E-state index contributed by atoms with van der Waals surface area (Å²) < 4.78 is 9.67. The Morgan fingerprint density at radius 3 is 2.89 bits per heavy atom.